The molecule has 0 saturated carbocycles. The molecule has 5 heteroatoms. The number of thioether (sulfide) groups is 1. The number of hydrogen-bond donors (Lipinski definition) is 1. The third kappa shape index (κ3) is 2.81. The van der Waals surface area contributed by atoms with Crippen LogP contribution in [0.15, 0.2) is 58.4 Å². The summed E-state index contributed by atoms with van der Waals surface area (Å²) in [6, 6.07) is 16.9. The first-order valence-electron chi connectivity index (χ1n) is 8.51. The Morgan fingerprint density at radius 1 is 1.08 bits per heavy atom. The van der Waals surface area contributed by atoms with Crippen LogP contribution in [0.1, 0.15) is 37.5 Å². The van der Waals surface area contributed by atoms with E-state index in [0.29, 0.717) is 0 Å². The first-order chi connectivity index (χ1) is 11.9. The summed E-state index contributed by atoms with van der Waals surface area (Å²) in [4.78, 5) is 12.7. The predicted molar refractivity (Wildman–Crippen MR) is 102 cm³/mol. The fraction of sp³-hybridized carbons (Fsp3) is 0.350. The van der Waals surface area contributed by atoms with Crippen LogP contribution < -0.4 is 5.32 Å². The number of fused-ring (bicyclic) bond motifs is 4. The van der Waals surface area contributed by atoms with Crippen LogP contribution >= 0.6 is 11.8 Å². The molecule has 25 heavy (non-hydrogen) atoms. The predicted octanol–water partition coefficient (Wildman–Crippen LogP) is 4.11. The van der Waals surface area contributed by atoms with Crippen LogP contribution in [0.3, 0.4) is 0 Å². The van der Waals surface area contributed by atoms with Crippen molar-refractivity contribution in [2.45, 2.75) is 42.7 Å². The van der Waals surface area contributed by atoms with Crippen LogP contribution in [0.2, 0.25) is 0 Å². The zero-order chi connectivity index (χ0) is 17.7. The number of nitrogens with zero attached hydrogens (tertiary/aromatic N) is 2. The molecule has 1 atom stereocenters. The highest BCUT2D eigenvalue weighted by molar-refractivity contribution is 7.98. The van der Waals surface area contributed by atoms with E-state index in [4.69, 9.17) is 9.83 Å². The molecule has 0 bridgehead atoms. The summed E-state index contributed by atoms with van der Waals surface area (Å²) in [6.45, 7) is 6.37. The van der Waals surface area contributed by atoms with Gasteiger partial charge in [-0.3, -0.25) is 0 Å². The largest absolute Gasteiger partial charge is 0.350 e. The Morgan fingerprint density at radius 3 is 2.52 bits per heavy atom. The van der Waals surface area contributed by atoms with E-state index in [-0.39, 0.29) is 5.54 Å². The van der Waals surface area contributed by atoms with Crippen molar-refractivity contribution in [3.05, 3.63) is 65.2 Å². The first-order valence-corrected chi connectivity index (χ1v) is 9.49. The zero-order valence-corrected chi connectivity index (χ0v) is 15.9. The number of rotatable bonds is 0. The monoisotopic (exact) mass is 353 g/mol. The maximum atomic E-state index is 6.44. The molecule has 2 aromatic rings. The van der Waals surface area contributed by atoms with Gasteiger partial charge in [0.05, 0.1) is 0 Å². The molecule has 0 radical (unpaired) electrons. The normalized spacial score (nSPS) is 22.2. The lowest BCUT2D eigenvalue weighted by Gasteiger charge is -2.28. The SMILES string of the molecule is CN1OC2(N=C1NC(C)(C)C)c1ccccc1CSc1ccccc12. The second-order valence-electron chi connectivity index (χ2n) is 7.49. The van der Waals surface area contributed by atoms with Gasteiger partial charge in [0.15, 0.2) is 0 Å². The lowest BCUT2D eigenvalue weighted by Crippen LogP contribution is -2.46. The van der Waals surface area contributed by atoms with Crippen molar-refractivity contribution in [1.82, 2.24) is 10.4 Å². The molecule has 2 aliphatic heterocycles. The molecule has 2 heterocycles. The Kier molecular flexibility index (Phi) is 3.81. The zero-order valence-electron chi connectivity index (χ0n) is 15.0. The summed E-state index contributed by atoms with van der Waals surface area (Å²) in [7, 11) is 1.91. The third-order valence-electron chi connectivity index (χ3n) is 4.34. The number of aliphatic imine (C=N–C) groups is 1. The van der Waals surface area contributed by atoms with Crippen molar-refractivity contribution >= 4 is 17.7 Å². The molecule has 4 rings (SSSR count). The molecule has 130 valence electrons. The van der Waals surface area contributed by atoms with Crippen molar-refractivity contribution in [2.24, 2.45) is 4.99 Å². The molecule has 0 aromatic heterocycles. The Morgan fingerprint density at radius 2 is 1.76 bits per heavy atom. The highest BCUT2D eigenvalue weighted by atomic mass is 32.2. The maximum absolute atomic E-state index is 6.44. The molecule has 0 aliphatic carbocycles. The van der Waals surface area contributed by atoms with Gasteiger partial charge in [-0.15, -0.1) is 11.8 Å². The Labute approximate surface area is 153 Å². The van der Waals surface area contributed by atoms with E-state index in [1.165, 1.54) is 10.5 Å². The van der Waals surface area contributed by atoms with E-state index >= 15 is 0 Å². The van der Waals surface area contributed by atoms with Gasteiger partial charge in [-0.1, -0.05) is 42.5 Å². The van der Waals surface area contributed by atoms with E-state index in [1.807, 2.05) is 18.8 Å². The molecule has 0 saturated heterocycles. The van der Waals surface area contributed by atoms with Gasteiger partial charge in [-0.2, -0.15) is 0 Å². The number of hydrogen-bond acceptors (Lipinski definition) is 5. The summed E-state index contributed by atoms with van der Waals surface area (Å²) < 4.78 is 0. The Balaban J connectivity index is 1.94. The molecule has 0 fully saturated rings. The van der Waals surface area contributed by atoms with Gasteiger partial charge in [-0.25, -0.2) is 14.9 Å². The van der Waals surface area contributed by atoms with Crippen LogP contribution in [0.4, 0.5) is 0 Å². The highest BCUT2D eigenvalue weighted by Crippen LogP contribution is 2.48. The van der Waals surface area contributed by atoms with E-state index in [2.05, 4.69) is 74.6 Å². The molecule has 1 N–H and O–H groups in total. The molecule has 0 amide bonds. The van der Waals surface area contributed by atoms with E-state index in [9.17, 15) is 0 Å². The van der Waals surface area contributed by atoms with Crippen molar-refractivity contribution < 1.29 is 4.84 Å². The fourth-order valence-electron chi connectivity index (χ4n) is 3.29. The summed E-state index contributed by atoms with van der Waals surface area (Å²) in [5.41, 5.74) is 2.55. The molecular weight excluding hydrogens is 330 g/mol. The molecule has 2 aliphatic rings. The van der Waals surface area contributed by atoms with E-state index < -0.39 is 5.72 Å². The van der Waals surface area contributed by atoms with Crippen LogP contribution in [-0.2, 0) is 16.3 Å². The minimum atomic E-state index is -0.834. The summed E-state index contributed by atoms with van der Waals surface area (Å²) in [5, 5.41) is 5.22. The molecular formula is C20H23N3OS. The number of guanidine groups is 1. The minimum absolute atomic E-state index is 0.0967. The van der Waals surface area contributed by atoms with Crippen LogP contribution in [0, 0.1) is 0 Å². The maximum Gasteiger partial charge on any atom is 0.241 e. The van der Waals surface area contributed by atoms with E-state index in [0.717, 1.165) is 22.8 Å². The van der Waals surface area contributed by atoms with Crippen molar-refractivity contribution in [1.29, 1.82) is 0 Å². The average Bonchev–Trinajstić information content (AvgIpc) is 2.81. The van der Waals surface area contributed by atoms with Crippen molar-refractivity contribution in [3.8, 4) is 0 Å². The van der Waals surface area contributed by atoms with Gasteiger partial charge in [0.1, 0.15) is 0 Å². The Bertz CT molecular complexity index is 793. The van der Waals surface area contributed by atoms with Crippen molar-refractivity contribution in [2.75, 3.05) is 7.05 Å². The molecule has 4 nitrogen and oxygen atoms in total. The molecule has 2 aromatic carbocycles. The standard InChI is InChI=1S/C20H23N3OS/c1-19(2,3)21-18-22-20(24-23(18)4)15-10-6-5-9-14(15)13-25-17-12-8-7-11-16(17)20/h5-12H,13H2,1-4H3,(H,21,22). The first kappa shape index (κ1) is 16.5. The Hall–Kier alpha value is -1.98. The van der Waals surface area contributed by atoms with Gasteiger partial charge in [0.2, 0.25) is 11.7 Å². The smallest absolute Gasteiger partial charge is 0.241 e. The summed E-state index contributed by atoms with van der Waals surface area (Å²) in [6.07, 6.45) is 0. The van der Waals surface area contributed by atoms with Gasteiger partial charge >= 0.3 is 0 Å². The lowest BCUT2D eigenvalue weighted by molar-refractivity contribution is -0.154. The summed E-state index contributed by atoms with van der Waals surface area (Å²) in [5.74, 6) is 1.67. The average molecular weight is 353 g/mol. The van der Waals surface area contributed by atoms with Crippen LogP contribution in [0.25, 0.3) is 0 Å². The van der Waals surface area contributed by atoms with Gasteiger partial charge in [0, 0.05) is 34.4 Å². The number of benzene rings is 2. The van der Waals surface area contributed by atoms with Gasteiger partial charge in [-0.05, 0) is 32.4 Å². The second kappa shape index (κ2) is 5.78. The van der Waals surface area contributed by atoms with Crippen molar-refractivity contribution in [3.63, 3.8) is 0 Å². The quantitative estimate of drug-likeness (QED) is 0.773. The van der Waals surface area contributed by atoms with Crippen LogP contribution in [0.5, 0.6) is 0 Å². The number of nitrogens with one attached hydrogen (secondary N) is 1. The number of hydroxylamine groups is 2. The minimum Gasteiger partial charge on any atom is -0.350 e. The molecule has 1 unspecified atom stereocenters. The topological polar surface area (TPSA) is 36.9 Å². The molecule has 1 spiro atoms. The van der Waals surface area contributed by atoms with Gasteiger partial charge in [0.25, 0.3) is 0 Å². The van der Waals surface area contributed by atoms with Gasteiger partial charge < -0.3 is 5.32 Å². The fourth-order valence-corrected chi connectivity index (χ4v) is 4.39. The lowest BCUT2D eigenvalue weighted by atomic mass is 9.91. The van der Waals surface area contributed by atoms with E-state index in [1.54, 1.807) is 5.06 Å². The highest BCUT2D eigenvalue weighted by Gasteiger charge is 2.47. The third-order valence-corrected chi connectivity index (χ3v) is 5.46. The van der Waals surface area contributed by atoms with Crippen LogP contribution in [-0.4, -0.2) is 23.6 Å². The summed E-state index contributed by atoms with van der Waals surface area (Å²) >= 11 is 1.84. The second-order valence-corrected chi connectivity index (χ2v) is 8.50.